The minimum absolute atomic E-state index is 0.0912. The van der Waals surface area contributed by atoms with Crippen LogP contribution in [0.3, 0.4) is 0 Å². The molecule has 98 valence electrons. The Morgan fingerprint density at radius 3 is 3.05 bits per heavy atom. The Bertz CT molecular complexity index is 569. The van der Waals surface area contributed by atoms with Crippen molar-refractivity contribution in [3.8, 4) is 11.8 Å². The monoisotopic (exact) mass is 272 g/mol. The first-order valence-corrected chi connectivity index (χ1v) is 6.90. The van der Waals surface area contributed by atoms with Crippen LogP contribution in [-0.4, -0.2) is 28.6 Å². The van der Waals surface area contributed by atoms with Crippen LogP contribution >= 0.6 is 11.3 Å². The summed E-state index contributed by atoms with van der Waals surface area (Å²) in [6.07, 6.45) is 3.68. The Hall–Kier alpha value is -1.67. The fourth-order valence-corrected chi connectivity index (χ4v) is 2.69. The summed E-state index contributed by atoms with van der Waals surface area (Å²) in [6, 6.07) is 6.11. The Balaban J connectivity index is 1.92. The van der Waals surface area contributed by atoms with Crippen molar-refractivity contribution in [2.45, 2.75) is 13.1 Å². The summed E-state index contributed by atoms with van der Waals surface area (Å²) in [4.78, 5) is 7.63. The van der Waals surface area contributed by atoms with Gasteiger partial charge >= 0.3 is 0 Å². The summed E-state index contributed by atoms with van der Waals surface area (Å²) in [5.74, 6) is 5.58. The number of pyridine rings is 1. The standard InChI is InChI=1S/C15H16N2OS/c1-17(10-14-4-2-6-16-9-14)11-15-8-13(12-19-15)5-3-7-18/h2,4,6,8-9,12,18H,7,10-11H2,1H3. The third-order valence-corrected chi connectivity index (χ3v) is 3.49. The molecular formula is C15H16N2OS. The average molecular weight is 272 g/mol. The molecule has 19 heavy (non-hydrogen) atoms. The Labute approximate surface area is 117 Å². The first kappa shape index (κ1) is 13.8. The maximum Gasteiger partial charge on any atom is 0.104 e. The molecule has 0 radical (unpaired) electrons. The van der Waals surface area contributed by atoms with Crippen molar-refractivity contribution in [1.29, 1.82) is 0 Å². The minimum atomic E-state index is -0.0912. The predicted molar refractivity (Wildman–Crippen MR) is 77.7 cm³/mol. The van der Waals surface area contributed by atoms with Crippen molar-refractivity contribution >= 4 is 11.3 Å². The predicted octanol–water partition coefficient (Wildman–Crippen LogP) is 2.12. The van der Waals surface area contributed by atoms with Gasteiger partial charge in [-0.1, -0.05) is 17.9 Å². The Kier molecular flexibility index (Phi) is 5.10. The molecule has 0 aliphatic heterocycles. The van der Waals surface area contributed by atoms with E-state index in [2.05, 4.69) is 40.9 Å². The van der Waals surface area contributed by atoms with Crippen LogP contribution < -0.4 is 0 Å². The van der Waals surface area contributed by atoms with Crippen LogP contribution in [0.15, 0.2) is 36.0 Å². The normalized spacial score (nSPS) is 10.3. The molecule has 2 heterocycles. The molecule has 4 heteroatoms. The summed E-state index contributed by atoms with van der Waals surface area (Å²) < 4.78 is 0. The van der Waals surface area contributed by atoms with Crippen molar-refractivity contribution in [3.05, 3.63) is 52.0 Å². The van der Waals surface area contributed by atoms with E-state index < -0.39 is 0 Å². The van der Waals surface area contributed by atoms with Crippen molar-refractivity contribution in [3.63, 3.8) is 0 Å². The molecule has 2 aromatic heterocycles. The number of aliphatic hydroxyl groups is 1. The van der Waals surface area contributed by atoms with E-state index in [0.29, 0.717) is 0 Å². The van der Waals surface area contributed by atoms with Crippen LogP contribution in [-0.2, 0) is 13.1 Å². The van der Waals surface area contributed by atoms with Gasteiger partial charge in [-0.05, 0) is 24.7 Å². The minimum Gasteiger partial charge on any atom is -0.384 e. The fraction of sp³-hybridized carbons (Fsp3) is 0.267. The summed E-state index contributed by atoms with van der Waals surface area (Å²) in [5.41, 5.74) is 2.19. The van der Waals surface area contributed by atoms with Crippen molar-refractivity contribution in [2.75, 3.05) is 13.7 Å². The molecule has 3 nitrogen and oxygen atoms in total. The highest BCUT2D eigenvalue weighted by atomic mass is 32.1. The number of aromatic nitrogens is 1. The van der Waals surface area contributed by atoms with Crippen LogP contribution in [0.2, 0.25) is 0 Å². The lowest BCUT2D eigenvalue weighted by Gasteiger charge is -2.15. The van der Waals surface area contributed by atoms with Gasteiger partial charge in [-0.15, -0.1) is 11.3 Å². The number of hydrogen-bond acceptors (Lipinski definition) is 4. The highest BCUT2D eigenvalue weighted by Crippen LogP contribution is 2.16. The van der Waals surface area contributed by atoms with Gasteiger partial charge in [0.15, 0.2) is 0 Å². The molecular weight excluding hydrogens is 256 g/mol. The molecule has 0 aliphatic rings. The maximum atomic E-state index is 8.66. The molecule has 2 rings (SSSR count). The first-order chi connectivity index (χ1) is 9.28. The average Bonchev–Trinajstić information content (AvgIpc) is 2.85. The smallest absolute Gasteiger partial charge is 0.104 e. The van der Waals surface area contributed by atoms with Gasteiger partial charge in [0, 0.05) is 41.3 Å². The van der Waals surface area contributed by atoms with E-state index in [1.165, 1.54) is 10.4 Å². The van der Waals surface area contributed by atoms with E-state index in [4.69, 9.17) is 5.11 Å². The molecule has 1 N–H and O–H groups in total. The quantitative estimate of drug-likeness (QED) is 0.866. The molecule has 0 saturated heterocycles. The van der Waals surface area contributed by atoms with Gasteiger partial charge in [-0.25, -0.2) is 0 Å². The van der Waals surface area contributed by atoms with Crippen LogP contribution in [0.5, 0.6) is 0 Å². The first-order valence-electron chi connectivity index (χ1n) is 6.02. The zero-order chi connectivity index (χ0) is 13.5. The fourth-order valence-electron chi connectivity index (χ4n) is 1.80. The summed E-state index contributed by atoms with van der Waals surface area (Å²) >= 11 is 1.70. The molecule has 0 bridgehead atoms. The van der Waals surface area contributed by atoms with Gasteiger partial charge in [-0.3, -0.25) is 9.88 Å². The number of rotatable bonds is 4. The molecule has 0 atom stereocenters. The second-order valence-corrected chi connectivity index (χ2v) is 5.29. The van der Waals surface area contributed by atoms with Gasteiger partial charge in [-0.2, -0.15) is 0 Å². The molecule has 0 fully saturated rings. The highest BCUT2D eigenvalue weighted by molar-refractivity contribution is 7.10. The Morgan fingerprint density at radius 2 is 2.32 bits per heavy atom. The van der Waals surface area contributed by atoms with Gasteiger partial charge in [0.2, 0.25) is 0 Å². The van der Waals surface area contributed by atoms with Crippen LogP contribution in [0, 0.1) is 11.8 Å². The van der Waals surface area contributed by atoms with E-state index in [0.717, 1.165) is 18.7 Å². The summed E-state index contributed by atoms with van der Waals surface area (Å²) in [7, 11) is 2.09. The van der Waals surface area contributed by atoms with E-state index in [-0.39, 0.29) is 6.61 Å². The van der Waals surface area contributed by atoms with E-state index in [9.17, 15) is 0 Å². The van der Waals surface area contributed by atoms with Crippen molar-refractivity contribution in [1.82, 2.24) is 9.88 Å². The molecule has 0 amide bonds. The molecule has 0 unspecified atom stereocenters. The van der Waals surface area contributed by atoms with Gasteiger partial charge in [0.05, 0.1) is 0 Å². The highest BCUT2D eigenvalue weighted by Gasteiger charge is 2.04. The molecule has 0 aromatic carbocycles. The van der Waals surface area contributed by atoms with Gasteiger partial charge < -0.3 is 5.11 Å². The zero-order valence-corrected chi connectivity index (χ0v) is 11.7. The number of thiophene rings is 1. The largest absolute Gasteiger partial charge is 0.384 e. The van der Waals surface area contributed by atoms with E-state index in [1.807, 2.05) is 17.6 Å². The van der Waals surface area contributed by atoms with E-state index >= 15 is 0 Å². The topological polar surface area (TPSA) is 36.4 Å². The lowest BCUT2D eigenvalue weighted by atomic mass is 10.2. The number of nitrogens with zero attached hydrogens (tertiary/aromatic N) is 2. The molecule has 0 spiro atoms. The molecule has 0 saturated carbocycles. The van der Waals surface area contributed by atoms with Crippen LogP contribution in [0.25, 0.3) is 0 Å². The van der Waals surface area contributed by atoms with E-state index in [1.54, 1.807) is 17.5 Å². The van der Waals surface area contributed by atoms with Gasteiger partial charge in [0.25, 0.3) is 0 Å². The van der Waals surface area contributed by atoms with Crippen LogP contribution in [0.1, 0.15) is 16.0 Å². The second kappa shape index (κ2) is 7.05. The lowest BCUT2D eigenvalue weighted by Crippen LogP contribution is -2.16. The van der Waals surface area contributed by atoms with Crippen molar-refractivity contribution < 1.29 is 5.11 Å². The molecule has 0 aliphatic carbocycles. The maximum absolute atomic E-state index is 8.66. The van der Waals surface area contributed by atoms with Gasteiger partial charge in [0.1, 0.15) is 6.61 Å². The lowest BCUT2D eigenvalue weighted by molar-refractivity contribution is 0.321. The number of aliphatic hydroxyl groups excluding tert-OH is 1. The SMILES string of the molecule is CN(Cc1cccnc1)Cc1cc(C#CCO)cs1. The Morgan fingerprint density at radius 1 is 1.42 bits per heavy atom. The second-order valence-electron chi connectivity index (χ2n) is 4.30. The third-order valence-electron chi connectivity index (χ3n) is 2.57. The van der Waals surface area contributed by atoms with Crippen LogP contribution in [0.4, 0.5) is 0 Å². The molecule has 2 aromatic rings. The number of hydrogen-bond donors (Lipinski definition) is 1. The summed E-state index contributed by atoms with van der Waals surface area (Å²) in [6.45, 7) is 1.68. The van der Waals surface area contributed by atoms with Crippen molar-refractivity contribution in [2.24, 2.45) is 0 Å². The summed E-state index contributed by atoms with van der Waals surface area (Å²) in [5, 5.41) is 10.7. The third kappa shape index (κ3) is 4.49. The zero-order valence-electron chi connectivity index (χ0n) is 10.8.